The van der Waals surface area contributed by atoms with Crippen molar-refractivity contribution < 1.29 is 4.74 Å². The van der Waals surface area contributed by atoms with Crippen LogP contribution >= 0.6 is 15.9 Å². The average molecular weight is 268 g/mol. The molecule has 1 atom stereocenters. The Bertz CT molecular complexity index is 402. The molecule has 1 aromatic carbocycles. The molecule has 2 nitrogen and oxygen atoms in total. The first-order valence-corrected chi connectivity index (χ1v) is 5.79. The van der Waals surface area contributed by atoms with Crippen molar-refractivity contribution in [2.75, 3.05) is 13.2 Å². The minimum Gasteiger partial charge on any atom is -0.373 e. The maximum absolute atomic E-state index is 5.55. The summed E-state index contributed by atoms with van der Waals surface area (Å²) in [5.41, 5.74) is 2.02. The molecule has 0 bridgehead atoms. The van der Waals surface area contributed by atoms with E-state index in [0.717, 1.165) is 10.2 Å². The van der Waals surface area contributed by atoms with Gasteiger partial charge in [-0.15, -0.1) is 0 Å². The smallest absolute Gasteiger partial charge is 0.106 e. The summed E-state index contributed by atoms with van der Waals surface area (Å²) in [7, 11) is 0. The van der Waals surface area contributed by atoms with Crippen molar-refractivity contribution in [3.05, 3.63) is 34.3 Å². The second-order valence-electron chi connectivity index (χ2n) is 4.12. The Kier molecular flexibility index (Phi) is 2.94. The van der Waals surface area contributed by atoms with Crippen LogP contribution in [-0.4, -0.2) is 18.9 Å². The van der Waals surface area contributed by atoms with Crippen molar-refractivity contribution in [2.45, 2.75) is 19.4 Å². The molecule has 1 aliphatic rings. The summed E-state index contributed by atoms with van der Waals surface area (Å²) >= 11 is 3.48. The minimum atomic E-state index is -0.230. The number of ether oxygens (including phenoxy) is 1. The van der Waals surface area contributed by atoms with Gasteiger partial charge in [-0.2, -0.15) is 0 Å². The van der Waals surface area contributed by atoms with Gasteiger partial charge in [0.05, 0.1) is 13.2 Å². The fourth-order valence-electron chi connectivity index (χ4n) is 1.85. The van der Waals surface area contributed by atoms with E-state index in [2.05, 4.69) is 35.0 Å². The molecule has 15 heavy (non-hydrogen) atoms. The molecule has 1 heterocycles. The van der Waals surface area contributed by atoms with Gasteiger partial charge < -0.3 is 4.74 Å². The summed E-state index contributed by atoms with van der Waals surface area (Å²) in [6.45, 7) is 5.43. The molecule has 80 valence electrons. The van der Waals surface area contributed by atoms with E-state index in [1.165, 1.54) is 5.56 Å². The van der Waals surface area contributed by atoms with E-state index in [1.54, 1.807) is 0 Å². The van der Waals surface area contributed by atoms with Crippen LogP contribution in [0.15, 0.2) is 33.7 Å². The van der Waals surface area contributed by atoms with Gasteiger partial charge in [0.1, 0.15) is 5.54 Å². The van der Waals surface area contributed by atoms with Crippen LogP contribution in [0.2, 0.25) is 0 Å². The molecule has 0 fully saturated rings. The van der Waals surface area contributed by atoms with E-state index in [4.69, 9.17) is 9.73 Å². The summed E-state index contributed by atoms with van der Waals surface area (Å²) in [6, 6.07) is 8.25. The lowest BCUT2D eigenvalue weighted by Crippen LogP contribution is -2.33. The summed E-state index contributed by atoms with van der Waals surface area (Å²) in [4.78, 5) is 4.70. The van der Waals surface area contributed by atoms with E-state index in [-0.39, 0.29) is 5.54 Å². The molecule has 0 spiro atoms. The second-order valence-corrected chi connectivity index (χ2v) is 5.04. The Balaban J connectivity index is 2.41. The van der Waals surface area contributed by atoms with Gasteiger partial charge in [-0.1, -0.05) is 28.1 Å². The SMILES string of the molecule is CC1=NC(C)(c2cccc(Br)c2)COC1. The van der Waals surface area contributed by atoms with Crippen LogP contribution in [-0.2, 0) is 10.3 Å². The van der Waals surface area contributed by atoms with Crippen LogP contribution in [0.5, 0.6) is 0 Å². The maximum atomic E-state index is 5.55. The molecule has 1 unspecified atom stereocenters. The van der Waals surface area contributed by atoms with Crippen LogP contribution in [0.1, 0.15) is 19.4 Å². The molecule has 0 radical (unpaired) electrons. The highest BCUT2D eigenvalue weighted by molar-refractivity contribution is 9.10. The quantitative estimate of drug-likeness (QED) is 0.766. The van der Waals surface area contributed by atoms with Gasteiger partial charge in [-0.05, 0) is 31.5 Å². The minimum absolute atomic E-state index is 0.230. The average Bonchev–Trinajstić information content (AvgIpc) is 2.17. The molecule has 0 aliphatic carbocycles. The van der Waals surface area contributed by atoms with Gasteiger partial charge in [-0.25, -0.2) is 0 Å². The number of hydrogen-bond acceptors (Lipinski definition) is 2. The third-order valence-electron chi connectivity index (χ3n) is 2.58. The predicted molar refractivity (Wildman–Crippen MR) is 65.4 cm³/mol. The Hall–Kier alpha value is -0.670. The number of rotatable bonds is 1. The molecular formula is C12H14BrNO. The highest BCUT2D eigenvalue weighted by Crippen LogP contribution is 2.30. The first-order valence-electron chi connectivity index (χ1n) is 4.99. The van der Waals surface area contributed by atoms with Gasteiger partial charge >= 0.3 is 0 Å². The molecule has 0 amide bonds. The van der Waals surface area contributed by atoms with Crippen molar-refractivity contribution in [1.82, 2.24) is 0 Å². The van der Waals surface area contributed by atoms with Gasteiger partial charge in [0.25, 0.3) is 0 Å². The zero-order valence-corrected chi connectivity index (χ0v) is 10.5. The van der Waals surface area contributed by atoms with Crippen LogP contribution in [0, 0.1) is 0 Å². The lowest BCUT2D eigenvalue weighted by atomic mass is 9.93. The fraction of sp³-hybridized carbons (Fsp3) is 0.417. The third kappa shape index (κ3) is 2.29. The first kappa shape index (κ1) is 10.8. The van der Waals surface area contributed by atoms with Gasteiger partial charge in [0.15, 0.2) is 0 Å². The van der Waals surface area contributed by atoms with Gasteiger partial charge in [0, 0.05) is 10.2 Å². The van der Waals surface area contributed by atoms with E-state index >= 15 is 0 Å². The topological polar surface area (TPSA) is 21.6 Å². The van der Waals surface area contributed by atoms with Crippen molar-refractivity contribution in [2.24, 2.45) is 4.99 Å². The van der Waals surface area contributed by atoms with Crippen molar-refractivity contribution in [1.29, 1.82) is 0 Å². The largest absolute Gasteiger partial charge is 0.373 e. The van der Waals surface area contributed by atoms with Crippen LogP contribution < -0.4 is 0 Å². The van der Waals surface area contributed by atoms with E-state index in [1.807, 2.05) is 19.1 Å². The lowest BCUT2D eigenvalue weighted by Gasteiger charge is -2.30. The molecule has 0 saturated carbocycles. The van der Waals surface area contributed by atoms with Crippen molar-refractivity contribution >= 4 is 21.6 Å². The summed E-state index contributed by atoms with van der Waals surface area (Å²) < 4.78 is 6.63. The van der Waals surface area contributed by atoms with Gasteiger partial charge in [0.2, 0.25) is 0 Å². The molecule has 1 aliphatic heterocycles. The highest BCUT2D eigenvalue weighted by Gasteiger charge is 2.29. The zero-order chi connectivity index (χ0) is 10.9. The molecule has 3 heteroatoms. The van der Waals surface area contributed by atoms with Gasteiger partial charge in [-0.3, -0.25) is 4.99 Å². The normalized spacial score (nSPS) is 26.2. The standard InChI is InChI=1S/C12H14BrNO/c1-9-7-15-8-12(2,14-9)10-4-3-5-11(13)6-10/h3-6H,7-8H2,1-2H3. The fourth-order valence-corrected chi connectivity index (χ4v) is 2.25. The Morgan fingerprint density at radius 2 is 2.27 bits per heavy atom. The van der Waals surface area contributed by atoms with Crippen molar-refractivity contribution in [3.8, 4) is 0 Å². The summed E-state index contributed by atoms with van der Waals surface area (Å²) in [5.74, 6) is 0. The zero-order valence-electron chi connectivity index (χ0n) is 8.96. The molecule has 2 rings (SSSR count). The Morgan fingerprint density at radius 1 is 1.47 bits per heavy atom. The monoisotopic (exact) mass is 267 g/mol. The number of halogens is 1. The van der Waals surface area contributed by atoms with E-state index in [0.29, 0.717) is 13.2 Å². The number of nitrogens with zero attached hydrogens (tertiary/aromatic N) is 1. The predicted octanol–water partition coefficient (Wildman–Crippen LogP) is 3.16. The third-order valence-corrected chi connectivity index (χ3v) is 3.07. The molecule has 0 aromatic heterocycles. The summed E-state index contributed by atoms with van der Waals surface area (Å²) in [6.07, 6.45) is 0. The molecule has 1 aromatic rings. The highest BCUT2D eigenvalue weighted by atomic mass is 79.9. The lowest BCUT2D eigenvalue weighted by molar-refractivity contribution is 0.106. The first-order chi connectivity index (χ1) is 7.10. The van der Waals surface area contributed by atoms with Crippen molar-refractivity contribution in [3.63, 3.8) is 0 Å². The second kappa shape index (κ2) is 4.06. The molecule has 0 N–H and O–H groups in total. The van der Waals surface area contributed by atoms with Crippen LogP contribution in [0.3, 0.4) is 0 Å². The maximum Gasteiger partial charge on any atom is 0.106 e. The molecule has 0 saturated heterocycles. The summed E-state index contributed by atoms with van der Waals surface area (Å²) in [5, 5.41) is 0. The van der Waals surface area contributed by atoms with E-state index in [9.17, 15) is 0 Å². The molecular weight excluding hydrogens is 254 g/mol. The van der Waals surface area contributed by atoms with Crippen LogP contribution in [0.4, 0.5) is 0 Å². The van der Waals surface area contributed by atoms with E-state index < -0.39 is 0 Å². The number of benzene rings is 1. The van der Waals surface area contributed by atoms with Crippen LogP contribution in [0.25, 0.3) is 0 Å². The number of aliphatic imine (C=N–C) groups is 1. The number of hydrogen-bond donors (Lipinski definition) is 0. The Labute approximate surface area is 98.5 Å². The Morgan fingerprint density at radius 3 is 2.93 bits per heavy atom.